The zero-order valence-electron chi connectivity index (χ0n) is 7.50. The minimum absolute atomic E-state index is 0.0340. The Morgan fingerprint density at radius 2 is 2.08 bits per heavy atom. The molecule has 1 rings (SSSR count). The lowest BCUT2D eigenvalue weighted by molar-refractivity contribution is 0.559. The molecule has 3 heteroatoms. The van der Waals surface area contributed by atoms with Crippen molar-refractivity contribution in [3.8, 4) is 0 Å². The first-order valence-electron chi connectivity index (χ1n) is 3.75. The highest BCUT2D eigenvalue weighted by molar-refractivity contribution is 5.42. The second kappa shape index (κ2) is 2.90. The summed E-state index contributed by atoms with van der Waals surface area (Å²) in [5.74, 6) is 0. The van der Waals surface area contributed by atoms with Crippen LogP contribution in [0.25, 0.3) is 4.85 Å². The van der Waals surface area contributed by atoms with Crippen LogP contribution in [0.1, 0.15) is 26.5 Å². The standard InChI is InChI=1S/C9H11N3/c1-9(2,3)8-5-7(10-4)6-11-12-8/h5-6H,1-3H3. The highest BCUT2D eigenvalue weighted by atomic mass is 15.1. The number of hydrogen-bond acceptors (Lipinski definition) is 2. The molecule has 0 fully saturated rings. The Hall–Kier alpha value is -1.43. The van der Waals surface area contributed by atoms with Gasteiger partial charge in [0.15, 0.2) is 0 Å². The summed E-state index contributed by atoms with van der Waals surface area (Å²) >= 11 is 0. The normalized spacial score (nSPS) is 10.8. The molecule has 0 saturated heterocycles. The molecule has 1 aromatic rings. The van der Waals surface area contributed by atoms with Crippen LogP contribution in [0.5, 0.6) is 0 Å². The molecule has 0 aliphatic heterocycles. The number of rotatable bonds is 0. The molecule has 0 saturated carbocycles. The van der Waals surface area contributed by atoms with Crippen molar-refractivity contribution in [2.45, 2.75) is 26.2 Å². The molecule has 0 aromatic carbocycles. The van der Waals surface area contributed by atoms with Crippen LogP contribution < -0.4 is 0 Å². The van der Waals surface area contributed by atoms with Gasteiger partial charge in [0.2, 0.25) is 5.69 Å². The van der Waals surface area contributed by atoms with Gasteiger partial charge in [-0.25, -0.2) is 4.85 Å². The Kier molecular flexibility index (Phi) is 2.09. The summed E-state index contributed by atoms with van der Waals surface area (Å²) in [6.45, 7) is 12.9. The average molecular weight is 161 g/mol. The van der Waals surface area contributed by atoms with Crippen molar-refractivity contribution in [1.82, 2.24) is 10.2 Å². The van der Waals surface area contributed by atoms with E-state index in [0.29, 0.717) is 5.69 Å². The molecule has 0 N–H and O–H groups in total. The van der Waals surface area contributed by atoms with Crippen molar-refractivity contribution in [1.29, 1.82) is 0 Å². The Morgan fingerprint density at radius 3 is 2.58 bits per heavy atom. The van der Waals surface area contributed by atoms with Crippen LogP contribution in [0.15, 0.2) is 12.3 Å². The molecule has 12 heavy (non-hydrogen) atoms. The van der Waals surface area contributed by atoms with Crippen LogP contribution >= 0.6 is 0 Å². The number of hydrogen-bond donors (Lipinski definition) is 0. The molecule has 0 bridgehead atoms. The van der Waals surface area contributed by atoms with E-state index in [1.165, 1.54) is 6.20 Å². The average Bonchev–Trinajstić information content (AvgIpc) is 2.03. The van der Waals surface area contributed by atoms with E-state index in [0.717, 1.165) is 5.69 Å². The molecule has 0 unspecified atom stereocenters. The molecule has 0 aliphatic rings. The predicted molar refractivity (Wildman–Crippen MR) is 47.0 cm³/mol. The highest BCUT2D eigenvalue weighted by Gasteiger charge is 2.15. The first-order valence-corrected chi connectivity index (χ1v) is 3.75. The van der Waals surface area contributed by atoms with Crippen molar-refractivity contribution in [3.63, 3.8) is 0 Å². The second-order valence-electron chi connectivity index (χ2n) is 3.66. The maximum atomic E-state index is 6.80. The van der Waals surface area contributed by atoms with Gasteiger partial charge in [0.25, 0.3) is 0 Å². The van der Waals surface area contributed by atoms with Gasteiger partial charge in [-0.2, -0.15) is 10.2 Å². The fourth-order valence-electron chi connectivity index (χ4n) is 0.784. The summed E-state index contributed by atoms with van der Waals surface area (Å²) in [6.07, 6.45) is 1.47. The zero-order valence-corrected chi connectivity index (χ0v) is 7.50. The topological polar surface area (TPSA) is 30.1 Å². The van der Waals surface area contributed by atoms with Gasteiger partial charge in [0.1, 0.15) is 0 Å². The fourth-order valence-corrected chi connectivity index (χ4v) is 0.784. The quantitative estimate of drug-likeness (QED) is 0.546. The largest absolute Gasteiger partial charge is 0.236 e. The van der Waals surface area contributed by atoms with Gasteiger partial charge in [0, 0.05) is 5.41 Å². The fraction of sp³-hybridized carbons (Fsp3) is 0.444. The summed E-state index contributed by atoms with van der Waals surface area (Å²) in [5, 5.41) is 7.72. The predicted octanol–water partition coefficient (Wildman–Crippen LogP) is 2.32. The third-order valence-electron chi connectivity index (χ3n) is 1.54. The Balaban J connectivity index is 3.13. The van der Waals surface area contributed by atoms with E-state index < -0.39 is 0 Å². The Labute approximate surface area is 72.3 Å². The molecule has 0 aliphatic carbocycles. The van der Waals surface area contributed by atoms with E-state index in [9.17, 15) is 0 Å². The van der Waals surface area contributed by atoms with E-state index in [-0.39, 0.29) is 5.41 Å². The molecular formula is C9H11N3. The Bertz CT molecular complexity index is 317. The molecule has 3 nitrogen and oxygen atoms in total. The second-order valence-corrected chi connectivity index (χ2v) is 3.66. The van der Waals surface area contributed by atoms with Gasteiger partial charge in [-0.1, -0.05) is 20.8 Å². The van der Waals surface area contributed by atoms with E-state index in [1.54, 1.807) is 6.07 Å². The minimum Gasteiger partial charge on any atom is -0.236 e. The maximum Gasteiger partial charge on any atom is 0.208 e. The van der Waals surface area contributed by atoms with Gasteiger partial charge >= 0.3 is 0 Å². The highest BCUT2D eigenvalue weighted by Crippen LogP contribution is 2.22. The molecule has 62 valence electrons. The first-order chi connectivity index (χ1) is 5.54. The van der Waals surface area contributed by atoms with Gasteiger partial charge in [-0.15, -0.1) is 0 Å². The monoisotopic (exact) mass is 161 g/mol. The van der Waals surface area contributed by atoms with E-state index in [4.69, 9.17) is 6.57 Å². The van der Waals surface area contributed by atoms with Gasteiger partial charge in [-0.3, -0.25) is 0 Å². The van der Waals surface area contributed by atoms with Crippen LogP contribution in [0.2, 0.25) is 0 Å². The molecule has 0 atom stereocenters. The van der Waals surface area contributed by atoms with Crippen LogP contribution in [-0.2, 0) is 5.41 Å². The lowest BCUT2D eigenvalue weighted by atomic mass is 9.92. The van der Waals surface area contributed by atoms with E-state index in [1.807, 2.05) is 20.8 Å². The van der Waals surface area contributed by atoms with Crippen LogP contribution in [0.3, 0.4) is 0 Å². The summed E-state index contributed by atoms with van der Waals surface area (Å²) in [5.41, 5.74) is 1.37. The lowest BCUT2D eigenvalue weighted by Crippen LogP contribution is -2.13. The van der Waals surface area contributed by atoms with Crippen molar-refractivity contribution in [3.05, 3.63) is 29.4 Å². The van der Waals surface area contributed by atoms with Gasteiger partial charge in [0.05, 0.1) is 18.5 Å². The van der Waals surface area contributed by atoms with Crippen LogP contribution in [-0.4, -0.2) is 10.2 Å². The summed E-state index contributed by atoms with van der Waals surface area (Å²) in [7, 11) is 0. The van der Waals surface area contributed by atoms with Crippen molar-refractivity contribution in [2.24, 2.45) is 0 Å². The van der Waals surface area contributed by atoms with Gasteiger partial charge in [-0.05, 0) is 6.07 Å². The van der Waals surface area contributed by atoms with Crippen LogP contribution in [0.4, 0.5) is 5.69 Å². The first kappa shape index (κ1) is 8.66. The maximum absolute atomic E-state index is 6.80. The SMILES string of the molecule is [C-]#[N+]c1cnnc(C(C)(C)C)c1. The summed E-state index contributed by atoms with van der Waals surface area (Å²) < 4.78 is 0. The molecule has 0 spiro atoms. The summed E-state index contributed by atoms with van der Waals surface area (Å²) in [4.78, 5) is 3.29. The van der Waals surface area contributed by atoms with Crippen molar-refractivity contribution < 1.29 is 0 Å². The number of aromatic nitrogens is 2. The Morgan fingerprint density at radius 1 is 1.42 bits per heavy atom. The molecule has 1 heterocycles. The third-order valence-corrected chi connectivity index (χ3v) is 1.54. The lowest BCUT2D eigenvalue weighted by Gasteiger charge is -2.16. The molecule has 0 amide bonds. The minimum atomic E-state index is -0.0340. The smallest absolute Gasteiger partial charge is 0.208 e. The van der Waals surface area contributed by atoms with Crippen molar-refractivity contribution in [2.75, 3.05) is 0 Å². The van der Waals surface area contributed by atoms with E-state index >= 15 is 0 Å². The zero-order chi connectivity index (χ0) is 9.19. The molecule has 0 radical (unpaired) electrons. The number of nitrogens with zero attached hydrogens (tertiary/aromatic N) is 3. The van der Waals surface area contributed by atoms with E-state index in [2.05, 4.69) is 15.0 Å². The third kappa shape index (κ3) is 1.79. The van der Waals surface area contributed by atoms with Crippen LogP contribution in [0, 0.1) is 6.57 Å². The van der Waals surface area contributed by atoms with Crippen molar-refractivity contribution >= 4 is 5.69 Å². The summed E-state index contributed by atoms with van der Waals surface area (Å²) in [6, 6.07) is 1.78. The molecule has 1 aromatic heterocycles. The van der Waals surface area contributed by atoms with Gasteiger partial charge < -0.3 is 0 Å². The molecular weight excluding hydrogens is 150 g/mol.